The molecule has 0 aromatic rings. The van der Waals surface area contributed by atoms with E-state index in [4.69, 9.17) is 0 Å². The molecule has 230 valence electrons. The first-order chi connectivity index (χ1) is 19.5. The van der Waals surface area contributed by atoms with Crippen molar-refractivity contribution in [2.24, 2.45) is 17.3 Å². The van der Waals surface area contributed by atoms with Gasteiger partial charge in [0.2, 0.25) is 0 Å². The van der Waals surface area contributed by atoms with Crippen LogP contribution in [0.2, 0.25) is 0 Å². The SMILES string of the molecule is CC1=C(/C=C/C(C)=C/C=C/C(C)=C/C=C/C=C(C)/C=C/C=C(C)/C=C/C2C(C(C)(C)O)CC[C@]2(C)O)C(C)(C)CCC1. The Bertz CT molecular complexity index is 1220. The number of hydrogen-bond acceptors (Lipinski definition) is 2. The van der Waals surface area contributed by atoms with Gasteiger partial charge < -0.3 is 10.2 Å². The molecule has 0 bridgehead atoms. The van der Waals surface area contributed by atoms with Gasteiger partial charge in [0.05, 0.1) is 11.2 Å². The molecule has 2 aliphatic carbocycles. The Morgan fingerprint density at radius 2 is 1.26 bits per heavy atom. The molecule has 0 saturated heterocycles. The second-order valence-corrected chi connectivity index (χ2v) is 14.1. The third kappa shape index (κ3) is 11.5. The normalized spacial score (nSPS) is 27.3. The third-order valence-corrected chi connectivity index (χ3v) is 8.91. The lowest BCUT2D eigenvalue weighted by molar-refractivity contribution is -0.0294. The van der Waals surface area contributed by atoms with Crippen molar-refractivity contribution in [2.75, 3.05) is 0 Å². The van der Waals surface area contributed by atoms with Crippen molar-refractivity contribution in [2.45, 2.75) is 113 Å². The highest BCUT2D eigenvalue weighted by Crippen LogP contribution is 2.46. The Balaban J connectivity index is 1.90. The van der Waals surface area contributed by atoms with E-state index >= 15 is 0 Å². The van der Waals surface area contributed by atoms with Crippen molar-refractivity contribution in [3.8, 4) is 0 Å². The Kier molecular flexibility index (Phi) is 13.3. The van der Waals surface area contributed by atoms with Crippen LogP contribution in [0.3, 0.4) is 0 Å². The molecule has 42 heavy (non-hydrogen) atoms. The van der Waals surface area contributed by atoms with Crippen molar-refractivity contribution < 1.29 is 10.2 Å². The van der Waals surface area contributed by atoms with Gasteiger partial charge in [-0.1, -0.05) is 127 Å². The van der Waals surface area contributed by atoms with Crippen molar-refractivity contribution in [1.29, 1.82) is 0 Å². The summed E-state index contributed by atoms with van der Waals surface area (Å²) in [5.74, 6) is 0.00197. The standard InChI is InChI=1S/C40H58O2/c1-30(18-13-20-32(3)23-25-35-34(5)22-15-28-38(35,6)7)16-11-12-17-31(2)19-14-21-33(4)24-26-37-36(39(8,9)41)27-29-40(37,10)42/h11-14,16-21,23-26,36-37,41-42H,15,22,27-29H2,1-10H3/b12-11+,18-13+,19-14+,25-23+,26-24+,30-16+,31-17+,32-20+,33-21+/t36?,37?,40-/m0/s1. The van der Waals surface area contributed by atoms with Crippen molar-refractivity contribution >= 4 is 0 Å². The fourth-order valence-electron chi connectivity index (χ4n) is 6.18. The number of rotatable bonds is 11. The van der Waals surface area contributed by atoms with Crippen LogP contribution in [0.5, 0.6) is 0 Å². The molecule has 0 spiro atoms. The smallest absolute Gasteiger partial charge is 0.0686 e. The first kappa shape index (κ1) is 35.5. The van der Waals surface area contributed by atoms with Gasteiger partial charge in [0.15, 0.2) is 0 Å². The highest BCUT2D eigenvalue weighted by molar-refractivity contribution is 5.37. The fourth-order valence-corrected chi connectivity index (χ4v) is 6.18. The minimum absolute atomic E-state index is 0.0547. The summed E-state index contributed by atoms with van der Waals surface area (Å²) < 4.78 is 0. The monoisotopic (exact) mass is 570 g/mol. The van der Waals surface area contributed by atoms with E-state index in [1.807, 2.05) is 20.8 Å². The van der Waals surface area contributed by atoms with Crippen molar-refractivity contribution in [3.63, 3.8) is 0 Å². The topological polar surface area (TPSA) is 40.5 Å². The number of hydrogen-bond donors (Lipinski definition) is 2. The van der Waals surface area contributed by atoms with E-state index in [1.54, 1.807) is 0 Å². The molecule has 0 radical (unpaired) electrons. The van der Waals surface area contributed by atoms with Gasteiger partial charge in [-0.25, -0.2) is 0 Å². The molecule has 0 aromatic heterocycles. The second kappa shape index (κ2) is 15.7. The molecule has 1 saturated carbocycles. The van der Waals surface area contributed by atoms with Gasteiger partial charge >= 0.3 is 0 Å². The van der Waals surface area contributed by atoms with Crippen LogP contribution >= 0.6 is 0 Å². The molecule has 0 heterocycles. The van der Waals surface area contributed by atoms with Crippen LogP contribution < -0.4 is 0 Å². The Morgan fingerprint density at radius 1 is 0.762 bits per heavy atom. The van der Waals surface area contributed by atoms with E-state index < -0.39 is 11.2 Å². The van der Waals surface area contributed by atoms with E-state index in [1.165, 1.54) is 47.1 Å². The largest absolute Gasteiger partial charge is 0.390 e. The summed E-state index contributed by atoms with van der Waals surface area (Å²) in [7, 11) is 0. The molecule has 0 aliphatic heterocycles. The van der Waals surface area contributed by atoms with E-state index in [9.17, 15) is 10.2 Å². The first-order valence-corrected chi connectivity index (χ1v) is 15.8. The van der Waals surface area contributed by atoms with Gasteiger partial charge in [-0.2, -0.15) is 0 Å². The summed E-state index contributed by atoms with van der Waals surface area (Å²) in [6.07, 6.45) is 35.1. The molecule has 1 fully saturated rings. The Hall–Kier alpha value is -2.68. The van der Waals surface area contributed by atoms with E-state index in [2.05, 4.69) is 134 Å². The molecular formula is C40H58O2. The summed E-state index contributed by atoms with van der Waals surface area (Å²) in [5.41, 5.74) is 6.47. The fraction of sp³-hybridized carbons (Fsp3) is 0.500. The summed E-state index contributed by atoms with van der Waals surface area (Å²) in [5, 5.41) is 21.4. The van der Waals surface area contributed by atoms with Gasteiger partial charge in [-0.15, -0.1) is 0 Å². The molecule has 2 aliphatic rings. The Labute approximate surface area is 258 Å². The van der Waals surface area contributed by atoms with Gasteiger partial charge in [0.25, 0.3) is 0 Å². The van der Waals surface area contributed by atoms with Crippen LogP contribution in [0, 0.1) is 17.3 Å². The van der Waals surface area contributed by atoms with Crippen LogP contribution in [-0.4, -0.2) is 21.4 Å². The highest BCUT2D eigenvalue weighted by Gasteiger charge is 2.47. The molecule has 0 aromatic carbocycles. The van der Waals surface area contributed by atoms with Gasteiger partial charge in [0, 0.05) is 5.92 Å². The average molecular weight is 571 g/mol. The Morgan fingerprint density at radius 3 is 1.79 bits per heavy atom. The summed E-state index contributed by atoms with van der Waals surface area (Å²) >= 11 is 0. The minimum Gasteiger partial charge on any atom is -0.390 e. The van der Waals surface area contributed by atoms with Crippen LogP contribution in [0.1, 0.15) is 101 Å². The quantitative estimate of drug-likeness (QED) is 0.243. The lowest BCUT2D eigenvalue weighted by atomic mass is 9.72. The van der Waals surface area contributed by atoms with Crippen LogP contribution in [-0.2, 0) is 0 Å². The summed E-state index contributed by atoms with van der Waals surface area (Å²) in [6.45, 7) is 21.0. The predicted molar refractivity (Wildman–Crippen MR) is 184 cm³/mol. The van der Waals surface area contributed by atoms with Crippen LogP contribution in [0.25, 0.3) is 0 Å². The average Bonchev–Trinajstić information content (AvgIpc) is 3.19. The summed E-state index contributed by atoms with van der Waals surface area (Å²) in [6, 6.07) is 0. The lowest BCUT2D eigenvalue weighted by Crippen LogP contribution is -2.39. The molecule has 0 amide bonds. The lowest BCUT2D eigenvalue weighted by Gasteiger charge is -2.33. The third-order valence-electron chi connectivity index (χ3n) is 8.91. The van der Waals surface area contributed by atoms with Gasteiger partial charge in [-0.3, -0.25) is 0 Å². The van der Waals surface area contributed by atoms with E-state index in [0.717, 1.165) is 12.0 Å². The molecule has 3 atom stereocenters. The minimum atomic E-state index is -0.802. The maximum Gasteiger partial charge on any atom is 0.0686 e. The van der Waals surface area contributed by atoms with E-state index in [-0.39, 0.29) is 17.3 Å². The first-order valence-electron chi connectivity index (χ1n) is 15.8. The molecule has 2 rings (SSSR count). The van der Waals surface area contributed by atoms with Gasteiger partial charge in [0.1, 0.15) is 0 Å². The predicted octanol–water partition coefficient (Wildman–Crippen LogP) is 10.6. The van der Waals surface area contributed by atoms with Crippen molar-refractivity contribution in [3.05, 3.63) is 119 Å². The molecule has 2 unspecified atom stereocenters. The molecule has 2 nitrogen and oxygen atoms in total. The summed E-state index contributed by atoms with van der Waals surface area (Å²) in [4.78, 5) is 0. The van der Waals surface area contributed by atoms with Gasteiger partial charge in [-0.05, 0) is 104 Å². The van der Waals surface area contributed by atoms with E-state index in [0.29, 0.717) is 6.42 Å². The second-order valence-electron chi connectivity index (χ2n) is 14.1. The number of allylic oxidation sites excluding steroid dienone is 19. The zero-order chi connectivity index (χ0) is 31.6. The van der Waals surface area contributed by atoms with Crippen molar-refractivity contribution in [1.82, 2.24) is 0 Å². The molecule has 2 heteroatoms. The molecular weight excluding hydrogens is 512 g/mol. The molecule has 2 N–H and O–H groups in total. The zero-order valence-corrected chi connectivity index (χ0v) is 28.2. The zero-order valence-electron chi connectivity index (χ0n) is 28.2. The van der Waals surface area contributed by atoms with Crippen LogP contribution in [0.4, 0.5) is 0 Å². The number of aliphatic hydroxyl groups is 2. The maximum atomic E-state index is 10.8. The maximum absolute atomic E-state index is 10.8. The highest BCUT2D eigenvalue weighted by atomic mass is 16.3. The van der Waals surface area contributed by atoms with Crippen LogP contribution in [0.15, 0.2) is 119 Å².